The predicted octanol–water partition coefficient (Wildman–Crippen LogP) is 5.23. The Bertz CT molecular complexity index is 774. The number of aromatic nitrogens is 1. The van der Waals surface area contributed by atoms with Gasteiger partial charge in [0.25, 0.3) is 0 Å². The van der Waals surface area contributed by atoms with Gasteiger partial charge in [-0.2, -0.15) is 0 Å². The first-order valence-corrected chi connectivity index (χ1v) is 11.4. The van der Waals surface area contributed by atoms with Crippen molar-refractivity contribution in [1.29, 1.82) is 0 Å². The van der Waals surface area contributed by atoms with Crippen LogP contribution in [0.2, 0.25) is 0 Å². The highest BCUT2D eigenvalue weighted by atomic mass is 16.1. The van der Waals surface area contributed by atoms with Crippen molar-refractivity contribution in [2.45, 2.75) is 71.3 Å². The lowest BCUT2D eigenvalue weighted by Gasteiger charge is -2.60. The normalized spacial score (nSPS) is 45.2. The highest BCUT2D eigenvalue weighted by molar-refractivity contribution is 5.77. The Kier molecular flexibility index (Phi) is 4.41. The van der Waals surface area contributed by atoms with Crippen molar-refractivity contribution in [3.8, 4) is 0 Å². The fourth-order valence-electron chi connectivity index (χ4n) is 7.75. The summed E-state index contributed by atoms with van der Waals surface area (Å²) in [6.45, 7) is 5.06. The molecule has 1 aromatic rings. The van der Waals surface area contributed by atoms with Crippen molar-refractivity contribution < 1.29 is 4.79 Å². The van der Waals surface area contributed by atoms with E-state index in [0.717, 1.165) is 36.3 Å². The molecule has 3 nitrogen and oxygen atoms in total. The maximum atomic E-state index is 12.0. The molecule has 5 rings (SSSR count). The molecule has 4 aliphatic rings. The predicted molar refractivity (Wildman–Crippen MR) is 112 cm³/mol. The van der Waals surface area contributed by atoms with Crippen LogP contribution in [0.25, 0.3) is 6.08 Å². The van der Waals surface area contributed by atoms with Crippen molar-refractivity contribution in [2.75, 3.05) is 0 Å². The van der Waals surface area contributed by atoms with Crippen molar-refractivity contribution in [2.24, 2.45) is 34.5 Å². The molecule has 28 heavy (non-hydrogen) atoms. The van der Waals surface area contributed by atoms with Crippen molar-refractivity contribution >= 4 is 12.0 Å². The van der Waals surface area contributed by atoms with Gasteiger partial charge in [0.2, 0.25) is 5.91 Å². The smallest absolute Gasteiger partial charge is 0.220 e. The maximum Gasteiger partial charge on any atom is 0.220 e. The Morgan fingerprint density at radius 2 is 1.89 bits per heavy atom. The lowest BCUT2D eigenvalue weighted by atomic mass is 9.47. The fourth-order valence-corrected chi connectivity index (χ4v) is 7.75. The van der Waals surface area contributed by atoms with E-state index in [4.69, 9.17) is 0 Å². The summed E-state index contributed by atoms with van der Waals surface area (Å²) in [7, 11) is 0. The van der Waals surface area contributed by atoms with Crippen LogP contribution in [-0.4, -0.2) is 16.9 Å². The Labute approximate surface area is 169 Å². The number of rotatable bonds is 2. The van der Waals surface area contributed by atoms with Crippen LogP contribution in [-0.2, 0) is 4.79 Å². The summed E-state index contributed by atoms with van der Waals surface area (Å²) in [5.41, 5.74) is 1.84. The number of amides is 1. The third-order valence-electron chi connectivity index (χ3n) is 9.36. The van der Waals surface area contributed by atoms with Crippen LogP contribution in [0.3, 0.4) is 0 Å². The first-order valence-electron chi connectivity index (χ1n) is 11.4. The van der Waals surface area contributed by atoms with E-state index < -0.39 is 0 Å². The number of hydrogen-bond donors (Lipinski definition) is 1. The molecule has 0 spiro atoms. The van der Waals surface area contributed by atoms with Crippen molar-refractivity contribution in [1.82, 2.24) is 10.3 Å². The van der Waals surface area contributed by atoms with E-state index in [9.17, 15) is 4.79 Å². The first kappa shape index (κ1) is 18.4. The molecule has 1 amide bonds. The Balaban J connectivity index is 1.37. The largest absolute Gasteiger partial charge is 0.353 e. The number of carbonyl (C=O) groups is 1. The Hall–Kier alpha value is -1.64. The van der Waals surface area contributed by atoms with E-state index >= 15 is 0 Å². The molecule has 0 unspecified atom stereocenters. The summed E-state index contributed by atoms with van der Waals surface area (Å²) in [6.07, 6.45) is 16.3. The van der Waals surface area contributed by atoms with Crippen LogP contribution >= 0.6 is 0 Å². The van der Waals surface area contributed by atoms with Gasteiger partial charge in [0, 0.05) is 18.7 Å². The molecular weight excluding hydrogens is 344 g/mol. The van der Waals surface area contributed by atoms with Crippen molar-refractivity contribution in [3.05, 3.63) is 36.2 Å². The molecule has 150 valence electrons. The molecule has 0 radical (unpaired) electrons. The number of allylic oxidation sites excluding steroid dienone is 1. The van der Waals surface area contributed by atoms with Crippen LogP contribution in [0, 0.1) is 34.5 Å². The van der Waals surface area contributed by atoms with E-state index in [-0.39, 0.29) is 5.91 Å². The van der Waals surface area contributed by atoms with Crippen LogP contribution in [0.4, 0.5) is 0 Å². The topological polar surface area (TPSA) is 42.0 Å². The van der Waals surface area contributed by atoms with Gasteiger partial charge in [-0.1, -0.05) is 26.0 Å². The van der Waals surface area contributed by atoms with Gasteiger partial charge >= 0.3 is 0 Å². The van der Waals surface area contributed by atoms with E-state index in [2.05, 4.69) is 48.4 Å². The summed E-state index contributed by atoms with van der Waals surface area (Å²) in [4.78, 5) is 16.4. The van der Waals surface area contributed by atoms with Gasteiger partial charge in [-0.3, -0.25) is 9.78 Å². The standard InChI is InChI=1S/C25H34N2O/c1-24-14-12-21-19(9-11-22-25(21,2)15-13-23(28)27-22)20(24)10-7-17(24)6-8-18-5-3-4-16-26-18/h3-6,8,16-17,19-22H,7,9-15H2,1-2H3,(H,27,28)/t17-,19-,20-,21-,22+,24+,25+/m0/s1. The minimum atomic E-state index is 0.280. The van der Waals surface area contributed by atoms with Gasteiger partial charge in [-0.05, 0) is 97.7 Å². The summed E-state index contributed by atoms with van der Waals surface area (Å²) in [5, 5.41) is 3.35. The van der Waals surface area contributed by atoms with E-state index in [1.165, 1.54) is 38.5 Å². The van der Waals surface area contributed by atoms with E-state index in [1.807, 2.05) is 12.3 Å². The van der Waals surface area contributed by atoms with Gasteiger partial charge in [0.15, 0.2) is 0 Å². The SMILES string of the molecule is C[C@]12CCC(=O)N[C@@H]1CC[C@@H]1[C@@H]2CC[C@]2(C)[C@@H](C=Cc3ccccn3)CC[C@@H]12. The zero-order valence-corrected chi connectivity index (χ0v) is 17.4. The zero-order chi connectivity index (χ0) is 19.4. The second kappa shape index (κ2) is 6.71. The quantitative estimate of drug-likeness (QED) is 0.765. The minimum absolute atomic E-state index is 0.280. The number of hydrogen-bond acceptors (Lipinski definition) is 2. The molecular formula is C25H34N2O. The molecule has 0 aromatic carbocycles. The van der Waals surface area contributed by atoms with E-state index in [1.54, 1.807) is 0 Å². The Morgan fingerprint density at radius 1 is 1.04 bits per heavy atom. The summed E-state index contributed by atoms with van der Waals surface area (Å²) < 4.78 is 0. The number of nitrogens with one attached hydrogen (secondary N) is 1. The molecule has 3 saturated carbocycles. The lowest BCUT2D eigenvalue weighted by Crippen LogP contribution is -2.61. The molecule has 4 fully saturated rings. The summed E-state index contributed by atoms with van der Waals surface area (Å²) >= 11 is 0. The average molecular weight is 379 g/mol. The van der Waals surface area contributed by atoms with Crippen molar-refractivity contribution in [3.63, 3.8) is 0 Å². The number of nitrogens with zero attached hydrogens (tertiary/aromatic N) is 1. The third-order valence-corrected chi connectivity index (χ3v) is 9.36. The second-order valence-electron chi connectivity index (χ2n) is 10.4. The van der Waals surface area contributed by atoms with Crippen LogP contribution in [0.1, 0.15) is 70.9 Å². The molecule has 0 bridgehead atoms. The van der Waals surface area contributed by atoms with Gasteiger partial charge in [-0.25, -0.2) is 0 Å². The van der Waals surface area contributed by atoms with Crippen LogP contribution < -0.4 is 5.32 Å². The van der Waals surface area contributed by atoms with Gasteiger partial charge in [-0.15, -0.1) is 0 Å². The molecule has 1 aromatic heterocycles. The number of carbonyl (C=O) groups excluding carboxylic acids is 1. The molecule has 3 aliphatic carbocycles. The average Bonchev–Trinajstić information content (AvgIpc) is 3.04. The fraction of sp³-hybridized carbons (Fsp3) is 0.680. The number of fused-ring (bicyclic) bond motifs is 5. The molecule has 3 heteroatoms. The van der Waals surface area contributed by atoms with Gasteiger partial charge in [0.05, 0.1) is 5.69 Å². The summed E-state index contributed by atoms with van der Waals surface area (Å²) in [6, 6.07) is 6.57. The highest BCUT2D eigenvalue weighted by Crippen LogP contribution is 2.65. The minimum Gasteiger partial charge on any atom is -0.353 e. The lowest BCUT2D eigenvalue weighted by molar-refractivity contribution is -0.136. The zero-order valence-electron chi connectivity index (χ0n) is 17.4. The van der Waals surface area contributed by atoms with Gasteiger partial charge in [0.1, 0.15) is 0 Å². The summed E-state index contributed by atoms with van der Waals surface area (Å²) in [5.74, 6) is 3.45. The molecule has 2 heterocycles. The maximum absolute atomic E-state index is 12.0. The van der Waals surface area contributed by atoms with E-state index in [0.29, 0.717) is 22.8 Å². The van der Waals surface area contributed by atoms with Crippen LogP contribution in [0.5, 0.6) is 0 Å². The second-order valence-corrected chi connectivity index (χ2v) is 10.4. The van der Waals surface area contributed by atoms with Crippen LogP contribution in [0.15, 0.2) is 30.5 Å². The number of pyridine rings is 1. The van der Waals surface area contributed by atoms with Gasteiger partial charge < -0.3 is 5.32 Å². The number of piperidine rings is 1. The molecule has 1 N–H and O–H groups in total. The Morgan fingerprint density at radius 3 is 2.71 bits per heavy atom. The molecule has 1 saturated heterocycles. The third kappa shape index (κ3) is 2.76. The monoisotopic (exact) mass is 378 g/mol. The highest BCUT2D eigenvalue weighted by Gasteiger charge is 2.59. The molecule has 7 atom stereocenters. The first-order chi connectivity index (χ1) is 13.5. The molecule has 1 aliphatic heterocycles.